The Bertz CT molecular complexity index is 682. The molecule has 0 unspecified atom stereocenters. The molecular weight excluding hydrogens is 310 g/mol. The molecule has 2 heterocycles. The quantitative estimate of drug-likeness (QED) is 0.781. The summed E-state index contributed by atoms with van der Waals surface area (Å²) in [5.74, 6) is 0. The first kappa shape index (κ1) is 15.9. The molecule has 0 spiro atoms. The van der Waals surface area contributed by atoms with Gasteiger partial charge in [-0.25, -0.2) is 0 Å². The topological polar surface area (TPSA) is 45.6 Å². The van der Waals surface area contributed by atoms with Crippen LogP contribution in [0.1, 0.15) is 24.0 Å². The highest BCUT2D eigenvalue weighted by Gasteiger charge is 2.36. The first-order valence-electron chi connectivity index (χ1n) is 7.86. The van der Waals surface area contributed by atoms with E-state index in [2.05, 4.69) is 21.1 Å². The average Bonchev–Trinajstić information content (AvgIpc) is 2.59. The summed E-state index contributed by atoms with van der Waals surface area (Å²) >= 11 is 6.10. The summed E-state index contributed by atoms with van der Waals surface area (Å²) in [6.07, 6.45) is 5.75. The van der Waals surface area contributed by atoms with Crippen molar-refractivity contribution >= 4 is 17.3 Å². The number of halogens is 1. The van der Waals surface area contributed by atoms with E-state index in [1.165, 1.54) is 0 Å². The van der Waals surface area contributed by atoms with Gasteiger partial charge in [0.1, 0.15) is 5.54 Å². The fourth-order valence-electron chi connectivity index (χ4n) is 3.19. The van der Waals surface area contributed by atoms with Gasteiger partial charge in [0.25, 0.3) is 0 Å². The van der Waals surface area contributed by atoms with Crippen LogP contribution in [0, 0.1) is 11.8 Å². The van der Waals surface area contributed by atoms with Gasteiger partial charge in [0, 0.05) is 42.6 Å². The number of nitroso groups, excluding NO2 is 1. The normalized spacial score (nSPS) is 17.0. The molecule has 1 aromatic carbocycles. The van der Waals surface area contributed by atoms with Gasteiger partial charge in [-0.3, -0.25) is 4.98 Å². The Morgan fingerprint density at radius 3 is 2.70 bits per heavy atom. The Hall–Kier alpha value is -1.94. The van der Waals surface area contributed by atoms with E-state index in [0.29, 0.717) is 6.42 Å². The van der Waals surface area contributed by atoms with Crippen LogP contribution in [-0.2, 0) is 6.42 Å². The van der Waals surface area contributed by atoms with Crippen LogP contribution in [-0.4, -0.2) is 23.6 Å². The highest BCUT2D eigenvalue weighted by molar-refractivity contribution is 6.31. The van der Waals surface area contributed by atoms with E-state index in [1.54, 1.807) is 6.20 Å². The summed E-state index contributed by atoms with van der Waals surface area (Å²) in [5.41, 5.74) is 2.79. The Morgan fingerprint density at radius 1 is 1.30 bits per heavy atom. The Kier molecular flexibility index (Phi) is 4.62. The Balaban J connectivity index is 1.70. The van der Waals surface area contributed by atoms with Crippen molar-refractivity contribution in [2.75, 3.05) is 18.0 Å². The lowest BCUT2D eigenvalue weighted by atomic mass is 9.83. The summed E-state index contributed by atoms with van der Waals surface area (Å²) in [5, 5.41) is 4.29. The van der Waals surface area contributed by atoms with Gasteiger partial charge < -0.3 is 4.90 Å². The van der Waals surface area contributed by atoms with Crippen LogP contribution in [0.5, 0.6) is 0 Å². The van der Waals surface area contributed by atoms with E-state index in [0.717, 1.165) is 47.8 Å². The summed E-state index contributed by atoms with van der Waals surface area (Å²) < 4.78 is 0. The molecule has 5 heteroatoms. The molecule has 0 N–H and O–H groups in total. The number of rotatable bonds is 4. The second-order valence-corrected chi connectivity index (χ2v) is 6.68. The molecule has 0 radical (unpaired) electrons. The van der Waals surface area contributed by atoms with Crippen molar-refractivity contribution in [3.05, 3.63) is 63.8 Å². The number of piperidine rings is 1. The van der Waals surface area contributed by atoms with Crippen molar-refractivity contribution in [2.24, 2.45) is 5.18 Å². The fourth-order valence-corrected chi connectivity index (χ4v) is 3.31. The van der Waals surface area contributed by atoms with Gasteiger partial charge in [-0.2, -0.15) is 4.91 Å². The number of benzene rings is 1. The molecule has 0 atom stereocenters. The highest BCUT2D eigenvalue weighted by atomic mass is 35.5. The first-order chi connectivity index (χ1) is 11.1. The largest absolute Gasteiger partial charge is 0.371 e. The van der Waals surface area contributed by atoms with Crippen LogP contribution in [0.25, 0.3) is 0 Å². The second-order valence-electron chi connectivity index (χ2n) is 6.27. The molecule has 0 saturated carbocycles. The van der Waals surface area contributed by atoms with Crippen LogP contribution in [0.4, 0.5) is 5.69 Å². The van der Waals surface area contributed by atoms with Crippen LogP contribution < -0.4 is 4.90 Å². The zero-order valence-electron chi connectivity index (χ0n) is 13.2. The Labute approximate surface area is 141 Å². The number of nitrogens with zero attached hydrogens (tertiary/aromatic N) is 3. The highest BCUT2D eigenvalue weighted by Crippen LogP contribution is 2.33. The maximum absolute atomic E-state index is 11.5. The zero-order valence-corrected chi connectivity index (χ0v) is 14.0. The van der Waals surface area contributed by atoms with Gasteiger partial charge >= 0.3 is 0 Å². The molecule has 1 aliphatic rings. The van der Waals surface area contributed by atoms with Gasteiger partial charge in [0.15, 0.2) is 0 Å². The Morgan fingerprint density at radius 2 is 2.09 bits per heavy atom. The minimum atomic E-state index is -0.513. The standard InChI is InChI=1S/C18H20ClN3O/c1-14-11-16(4-5-17(14)19)22-9-6-18(21-23,7-10-22)12-15-3-2-8-20-13-15/h2-5,8,11,13H,6-7,9-10,12H2,1H3. The summed E-state index contributed by atoms with van der Waals surface area (Å²) in [7, 11) is 0. The van der Waals surface area contributed by atoms with E-state index in [1.807, 2.05) is 37.4 Å². The van der Waals surface area contributed by atoms with Crippen molar-refractivity contribution in [3.8, 4) is 0 Å². The van der Waals surface area contributed by atoms with Crippen LogP contribution in [0.2, 0.25) is 5.02 Å². The minimum Gasteiger partial charge on any atom is -0.371 e. The van der Waals surface area contributed by atoms with Gasteiger partial charge in [-0.05, 0) is 55.2 Å². The molecule has 3 rings (SSSR count). The van der Waals surface area contributed by atoms with Gasteiger partial charge in [0.05, 0.1) is 0 Å². The number of hydrogen-bond acceptors (Lipinski definition) is 4. The molecule has 0 bridgehead atoms. The van der Waals surface area contributed by atoms with E-state index in [9.17, 15) is 4.91 Å². The van der Waals surface area contributed by atoms with Crippen LogP contribution in [0.3, 0.4) is 0 Å². The second kappa shape index (κ2) is 6.67. The zero-order chi connectivity index (χ0) is 16.3. The summed E-state index contributed by atoms with van der Waals surface area (Å²) in [6, 6.07) is 9.98. The van der Waals surface area contributed by atoms with Crippen LogP contribution >= 0.6 is 11.6 Å². The van der Waals surface area contributed by atoms with Gasteiger partial charge in [0.2, 0.25) is 0 Å². The predicted octanol–water partition coefficient (Wildman–Crippen LogP) is 4.39. The predicted molar refractivity (Wildman–Crippen MR) is 94.1 cm³/mol. The molecule has 1 aromatic heterocycles. The molecule has 0 amide bonds. The lowest BCUT2D eigenvalue weighted by Gasteiger charge is -2.38. The SMILES string of the molecule is Cc1cc(N2CCC(Cc3cccnc3)(N=O)CC2)ccc1Cl. The monoisotopic (exact) mass is 329 g/mol. The third-order valence-electron chi connectivity index (χ3n) is 4.65. The number of aromatic nitrogens is 1. The van der Waals surface area contributed by atoms with Gasteiger partial charge in [-0.15, -0.1) is 0 Å². The van der Waals surface area contributed by atoms with Crippen molar-refractivity contribution in [1.29, 1.82) is 0 Å². The first-order valence-corrected chi connectivity index (χ1v) is 8.24. The molecule has 23 heavy (non-hydrogen) atoms. The number of hydrogen-bond donors (Lipinski definition) is 0. The third kappa shape index (κ3) is 3.53. The van der Waals surface area contributed by atoms with Crippen LogP contribution in [0.15, 0.2) is 47.9 Å². The average molecular weight is 330 g/mol. The maximum atomic E-state index is 11.5. The van der Waals surface area contributed by atoms with Crippen molar-refractivity contribution in [2.45, 2.75) is 31.7 Å². The molecule has 120 valence electrons. The molecule has 4 nitrogen and oxygen atoms in total. The van der Waals surface area contributed by atoms with E-state index >= 15 is 0 Å². The molecule has 0 aliphatic carbocycles. The molecule has 1 saturated heterocycles. The lowest BCUT2D eigenvalue weighted by Crippen LogP contribution is -2.44. The molecular formula is C18H20ClN3O. The van der Waals surface area contributed by atoms with Crippen molar-refractivity contribution < 1.29 is 0 Å². The van der Waals surface area contributed by atoms with Crippen molar-refractivity contribution in [3.63, 3.8) is 0 Å². The molecule has 2 aromatic rings. The fraction of sp³-hybridized carbons (Fsp3) is 0.389. The van der Waals surface area contributed by atoms with Gasteiger partial charge in [-0.1, -0.05) is 22.8 Å². The van der Waals surface area contributed by atoms with E-state index < -0.39 is 5.54 Å². The van der Waals surface area contributed by atoms with Crippen molar-refractivity contribution in [1.82, 2.24) is 4.98 Å². The number of anilines is 1. The maximum Gasteiger partial charge on any atom is 0.110 e. The minimum absolute atomic E-state index is 0.513. The smallest absolute Gasteiger partial charge is 0.110 e. The summed E-state index contributed by atoms with van der Waals surface area (Å²) in [4.78, 5) is 18.0. The summed E-state index contributed by atoms with van der Waals surface area (Å²) in [6.45, 7) is 3.66. The number of aryl methyl sites for hydroxylation is 1. The van der Waals surface area contributed by atoms with E-state index in [4.69, 9.17) is 11.6 Å². The number of pyridine rings is 1. The van der Waals surface area contributed by atoms with E-state index in [-0.39, 0.29) is 0 Å². The molecule has 1 aliphatic heterocycles. The third-order valence-corrected chi connectivity index (χ3v) is 5.07. The lowest BCUT2D eigenvalue weighted by molar-refractivity contribution is 0.331. The molecule has 1 fully saturated rings.